The predicted octanol–water partition coefficient (Wildman–Crippen LogP) is 5.67. The number of nitrogens with zero attached hydrogens (tertiary/aromatic N) is 2. The van der Waals surface area contributed by atoms with Crippen LogP contribution in [-0.4, -0.2) is 83.0 Å². The summed E-state index contributed by atoms with van der Waals surface area (Å²) in [7, 11) is 3.60. The first-order chi connectivity index (χ1) is 33.7. The standard InChI is InChI=1S/C12H12O6.C11H18N2O.C11H10N2O.C9H10Br2O.C9H12O3/c1-16-10(13)7-4-8(11(14)17-2)6-9(5-7)12(15)18-3;2*12-3-1-9-5-10(2-4-13)7-11(6-9)8-14;2*10-4-7-1-8(5-11)3-9(2-7)6-12/h4-6H,1-3H3;5-7,14H,1-4,8,12-13H2;5-7,14H,1-2,8H2;1-3,12H,4-6H2;1-3,10-12H,4-6H2. The van der Waals surface area contributed by atoms with E-state index in [0.717, 1.165) is 51.3 Å². The Morgan fingerprint density at radius 3 is 0.857 bits per heavy atom. The van der Waals surface area contributed by atoms with E-state index in [9.17, 15) is 14.4 Å². The molecular weight excluding hydrogens is 1030 g/mol. The lowest BCUT2D eigenvalue weighted by molar-refractivity contribution is 0.0597. The Labute approximate surface area is 426 Å². The van der Waals surface area contributed by atoms with Crippen molar-refractivity contribution in [2.75, 3.05) is 34.4 Å². The van der Waals surface area contributed by atoms with Crippen LogP contribution in [0.5, 0.6) is 0 Å². The third-order valence-corrected chi connectivity index (χ3v) is 10.8. The summed E-state index contributed by atoms with van der Waals surface area (Å²) >= 11 is 6.77. The predicted molar refractivity (Wildman–Crippen MR) is 271 cm³/mol. The number of nitrogens with two attached hydrogens (primary N) is 2. The highest BCUT2D eigenvalue weighted by atomic mass is 79.9. The van der Waals surface area contributed by atoms with Gasteiger partial charge in [-0.05, 0) is 111 Å². The van der Waals surface area contributed by atoms with E-state index >= 15 is 0 Å². The third kappa shape index (κ3) is 23.2. The SMILES string of the molecule is COC(=O)c1cc(C(=O)OC)cc(C(=O)OC)c1.N#CCc1cc(CO)cc(CC#N)c1.NCCc1cc(CO)cc(CCN)c1.OCc1cc(CBr)cc(CBr)c1.OCc1cc(CO)cc(CO)c1. The van der Waals surface area contributed by atoms with Gasteiger partial charge in [0.05, 0.1) is 103 Å². The number of ether oxygens (including phenoxy) is 3. The summed E-state index contributed by atoms with van der Waals surface area (Å²) < 4.78 is 13.6. The zero-order chi connectivity index (χ0) is 52.4. The number of alkyl halides is 2. The molecule has 5 rings (SSSR count). The topological polar surface area (TPSA) is 300 Å². The van der Waals surface area contributed by atoms with Crippen LogP contribution in [0.25, 0.3) is 0 Å². The molecule has 0 aliphatic heterocycles. The number of hydrogen-bond acceptors (Lipinski definition) is 16. The fourth-order valence-corrected chi connectivity index (χ4v) is 7.05. The van der Waals surface area contributed by atoms with Crippen molar-refractivity contribution in [3.05, 3.63) is 174 Å². The van der Waals surface area contributed by atoms with Gasteiger partial charge in [-0.15, -0.1) is 0 Å². The number of esters is 3. The molecule has 10 N–H and O–H groups in total. The van der Waals surface area contributed by atoms with Crippen molar-refractivity contribution >= 4 is 49.8 Å². The molecule has 0 bridgehead atoms. The molecule has 0 saturated heterocycles. The summed E-state index contributed by atoms with van der Waals surface area (Å²) in [5, 5.41) is 72.1. The highest BCUT2D eigenvalue weighted by Crippen LogP contribution is 2.17. The van der Waals surface area contributed by atoms with Gasteiger partial charge in [0.2, 0.25) is 0 Å². The van der Waals surface area contributed by atoms with E-state index < -0.39 is 17.9 Å². The minimum atomic E-state index is -0.661. The lowest BCUT2D eigenvalue weighted by Gasteiger charge is -2.06. The van der Waals surface area contributed by atoms with Crippen LogP contribution < -0.4 is 11.5 Å². The van der Waals surface area contributed by atoms with Crippen LogP contribution in [0.15, 0.2) is 91.0 Å². The summed E-state index contributed by atoms with van der Waals surface area (Å²) in [4.78, 5) is 34.2. The molecule has 0 atom stereocenters. The van der Waals surface area contributed by atoms with Gasteiger partial charge in [0.15, 0.2) is 0 Å². The molecule has 0 aliphatic carbocycles. The van der Waals surface area contributed by atoms with Gasteiger partial charge >= 0.3 is 17.9 Å². The molecule has 18 heteroatoms. The van der Waals surface area contributed by atoms with E-state index in [0.29, 0.717) is 42.6 Å². The molecule has 0 aromatic heterocycles. The van der Waals surface area contributed by atoms with Crippen molar-refractivity contribution in [1.82, 2.24) is 0 Å². The van der Waals surface area contributed by atoms with Gasteiger partial charge in [-0.1, -0.05) is 105 Å². The molecule has 0 radical (unpaired) electrons. The number of aliphatic hydroxyl groups is 6. The zero-order valence-electron chi connectivity index (χ0n) is 39.5. The maximum atomic E-state index is 11.4. The van der Waals surface area contributed by atoms with E-state index in [1.165, 1.54) is 61.8 Å². The average molecular weight is 1090 g/mol. The quantitative estimate of drug-likeness (QED) is 0.0316. The molecule has 16 nitrogen and oxygen atoms in total. The summed E-state index contributed by atoms with van der Waals surface area (Å²) in [6.07, 6.45) is 2.33. The van der Waals surface area contributed by atoms with Gasteiger partial charge in [-0.3, -0.25) is 0 Å². The first-order valence-electron chi connectivity index (χ1n) is 21.5. The summed E-state index contributed by atoms with van der Waals surface area (Å²) in [6.45, 7) is 1.20. The Morgan fingerprint density at radius 2 is 0.629 bits per heavy atom. The second kappa shape index (κ2) is 36.1. The molecule has 376 valence electrons. The minimum absolute atomic E-state index is 0.0578. The van der Waals surface area contributed by atoms with E-state index in [1.807, 2.05) is 42.5 Å². The second-order valence-electron chi connectivity index (χ2n) is 14.9. The van der Waals surface area contributed by atoms with Gasteiger partial charge in [0.1, 0.15) is 0 Å². The van der Waals surface area contributed by atoms with Gasteiger partial charge in [0, 0.05) is 10.7 Å². The number of carbonyl (C=O) groups is 3. The molecule has 0 unspecified atom stereocenters. The molecule has 5 aromatic rings. The lowest BCUT2D eigenvalue weighted by atomic mass is 10.0. The molecule has 5 aromatic carbocycles. The smallest absolute Gasteiger partial charge is 0.337 e. The monoisotopic (exact) mass is 1090 g/mol. The van der Waals surface area contributed by atoms with Crippen LogP contribution in [-0.2, 0) is 90.2 Å². The fourth-order valence-electron chi connectivity index (χ4n) is 6.40. The Morgan fingerprint density at radius 1 is 0.414 bits per heavy atom. The molecule has 0 heterocycles. The van der Waals surface area contributed by atoms with Gasteiger partial charge in [-0.25, -0.2) is 14.4 Å². The fraction of sp³-hybridized carbons (Fsp3) is 0.327. The Balaban J connectivity index is 0.000000441. The minimum Gasteiger partial charge on any atom is -0.465 e. The normalized spacial score (nSPS) is 9.87. The highest BCUT2D eigenvalue weighted by molar-refractivity contribution is 9.08. The number of benzene rings is 5. The molecular formula is C52H62Br2N4O12. The van der Waals surface area contributed by atoms with Gasteiger partial charge in [-0.2, -0.15) is 10.5 Å². The van der Waals surface area contributed by atoms with Crippen molar-refractivity contribution in [2.45, 2.75) is 76.0 Å². The number of carbonyl (C=O) groups excluding carboxylic acids is 3. The zero-order valence-corrected chi connectivity index (χ0v) is 42.7. The number of halogens is 2. The van der Waals surface area contributed by atoms with Gasteiger partial charge in [0.25, 0.3) is 0 Å². The summed E-state index contributed by atoms with van der Waals surface area (Å²) in [6, 6.07) is 30.6. The Bertz CT molecular complexity index is 2180. The van der Waals surface area contributed by atoms with E-state index in [2.05, 4.69) is 58.2 Å². The lowest BCUT2D eigenvalue weighted by Crippen LogP contribution is -2.10. The van der Waals surface area contributed by atoms with Crippen LogP contribution >= 0.6 is 31.9 Å². The maximum absolute atomic E-state index is 11.4. The summed E-state index contributed by atoms with van der Waals surface area (Å²) in [5.41, 5.74) is 22.5. The van der Waals surface area contributed by atoms with Crippen LogP contribution in [0.2, 0.25) is 0 Å². The molecule has 0 amide bonds. The van der Waals surface area contributed by atoms with Crippen LogP contribution in [0.4, 0.5) is 0 Å². The number of nitriles is 2. The Hall–Kier alpha value is -5.87. The van der Waals surface area contributed by atoms with Gasteiger partial charge < -0.3 is 56.3 Å². The van der Waals surface area contributed by atoms with E-state index in [-0.39, 0.29) is 56.3 Å². The van der Waals surface area contributed by atoms with E-state index in [1.54, 1.807) is 30.3 Å². The summed E-state index contributed by atoms with van der Waals surface area (Å²) in [5.74, 6) is -1.98. The number of rotatable bonds is 17. The van der Waals surface area contributed by atoms with Crippen molar-refractivity contribution in [1.29, 1.82) is 10.5 Å². The molecule has 0 saturated carbocycles. The van der Waals surface area contributed by atoms with Crippen molar-refractivity contribution in [3.63, 3.8) is 0 Å². The average Bonchev–Trinajstić information content (AvgIpc) is 3.40. The first kappa shape index (κ1) is 62.1. The maximum Gasteiger partial charge on any atom is 0.337 e. The number of hydrogen-bond donors (Lipinski definition) is 8. The van der Waals surface area contributed by atoms with Crippen LogP contribution in [0, 0.1) is 22.7 Å². The molecule has 70 heavy (non-hydrogen) atoms. The Kier molecular flexibility index (Phi) is 32.1. The highest BCUT2D eigenvalue weighted by Gasteiger charge is 2.17. The number of aliphatic hydroxyl groups excluding tert-OH is 6. The van der Waals surface area contributed by atoms with Crippen LogP contribution in [0.3, 0.4) is 0 Å². The third-order valence-electron chi connectivity index (χ3n) is 9.48. The largest absolute Gasteiger partial charge is 0.465 e. The number of methoxy groups -OCH3 is 3. The molecule has 0 aliphatic rings. The molecule has 0 fully saturated rings. The van der Waals surface area contributed by atoms with Crippen LogP contribution in [0.1, 0.15) is 97.8 Å². The molecule has 0 spiro atoms. The van der Waals surface area contributed by atoms with Crippen molar-refractivity contribution in [2.24, 2.45) is 11.5 Å². The second-order valence-corrected chi connectivity index (χ2v) is 16.0. The van der Waals surface area contributed by atoms with Crippen molar-refractivity contribution in [3.8, 4) is 12.1 Å². The van der Waals surface area contributed by atoms with Crippen molar-refractivity contribution < 1.29 is 59.2 Å². The first-order valence-corrected chi connectivity index (χ1v) is 23.7. The van der Waals surface area contributed by atoms with E-state index in [4.69, 9.17) is 52.6 Å².